The molecule has 1 saturated heterocycles. The van der Waals surface area contributed by atoms with Crippen molar-refractivity contribution in [3.8, 4) is 5.75 Å². The SMILES string of the molecule is O=C(O)C(=O)O.c1ccc2c(c1)COc1ccccc1C2=C1CCNCC1. The lowest BCUT2D eigenvalue weighted by Gasteiger charge is -2.21. The Labute approximate surface area is 157 Å². The molecule has 4 rings (SSSR count). The van der Waals surface area contributed by atoms with E-state index in [2.05, 4.69) is 53.8 Å². The predicted octanol–water partition coefficient (Wildman–Crippen LogP) is 2.92. The Morgan fingerprint density at radius 2 is 1.44 bits per heavy atom. The minimum absolute atomic E-state index is 0.655. The van der Waals surface area contributed by atoms with E-state index in [4.69, 9.17) is 24.5 Å². The molecule has 0 aromatic heterocycles. The molecule has 27 heavy (non-hydrogen) atoms. The molecule has 0 amide bonds. The van der Waals surface area contributed by atoms with Gasteiger partial charge < -0.3 is 20.3 Å². The Bertz CT molecular complexity index is 818. The molecule has 0 aliphatic carbocycles. The Kier molecular flexibility index (Phi) is 5.88. The summed E-state index contributed by atoms with van der Waals surface area (Å²) in [5, 5.41) is 18.2. The summed E-state index contributed by atoms with van der Waals surface area (Å²) in [6.45, 7) is 2.80. The molecule has 2 aliphatic rings. The van der Waals surface area contributed by atoms with E-state index >= 15 is 0 Å². The number of piperidine rings is 1. The van der Waals surface area contributed by atoms with E-state index in [1.807, 2.05) is 0 Å². The molecule has 0 unspecified atom stereocenters. The number of aliphatic carboxylic acids is 2. The monoisotopic (exact) mass is 367 g/mol. The number of carboxylic acids is 2. The van der Waals surface area contributed by atoms with Crippen LogP contribution in [-0.2, 0) is 16.2 Å². The summed E-state index contributed by atoms with van der Waals surface area (Å²) in [5.41, 5.74) is 6.84. The van der Waals surface area contributed by atoms with Gasteiger partial charge in [-0.3, -0.25) is 0 Å². The van der Waals surface area contributed by atoms with Crippen LogP contribution in [0.1, 0.15) is 29.5 Å². The highest BCUT2D eigenvalue weighted by atomic mass is 16.5. The van der Waals surface area contributed by atoms with Crippen LogP contribution < -0.4 is 10.1 Å². The summed E-state index contributed by atoms with van der Waals surface area (Å²) >= 11 is 0. The van der Waals surface area contributed by atoms with E-state index in [1.165, 1.54) is 22.3 Å². The van der Waals surface area contributed by atoms with Crippen molar-refractivity contribution >= 4 is 17.5 Å². The lowest BCUT2D eigenvalue weighted by molar-refractivity contribution is -0.159. The highest BCUT2D eigenvalue weighted by Gasteiger charge is 2.22. The number of ether oxygens (including phenoxy) is 1. The minimum atomic E-state index is -1.82. The van der Waals surface area contributed by atoms with Crippen LogP contribution in [0.2, 0.25) is 0 Å². The summed E-state index contributed by atoms with van der Waals surface area (Å²) in [6, 6.07) is 17.1. The highest BCUT2D eigenvalue weighted by Crippen LogP contribution is 2.40. The third kappa shape index (κ3) is 4.35. The molecule has 0 radical (unpaired) electrons. The normalized spacial score (nSPS) is 15.3. The Morgan fingerprint density at radius 3 is 2.11 bits per heavy atom. The van der Waals surface area contributed by atoms with E-state index in [-0.39, 0.29) is 0 Å². The molecule has 6 heteroatoms. The smallest absolute Gasteiger partial charge is 0.414 e. The van der Waals surface area contributed by atoms with Crippen LogP contribution in [0, 0.1) is 0 Å². The second-order valence-corrected chi connectivity index (χ2v) is 6.28. The summed E-state index contributed by atoms with van der Waals surface area (Å²) in [4.78, 5) is 18.2. The van der Waals surface area contributed by atoms with Crippen molar-refractivity contribution in [2.45, 2.75) is 19.4 Å². The Morgan fingerprint density at radius 1 is 0.852 bits per heavy atom. The maximum Gasteiger partial charge on any atom is 0.414 e. The fourth-order valence-corrected chi connectivity index (χ4v) is 3.35. The molecular formula is C21H21NO5. The minimum Gasteiger partial charge on any atom is -0.488 e. The van der Waals surface area contributed by atoms with Gasteiger partial charge in [-0.1, -0.05) is 48.0 Å². The van der Waals surface area contributed by atoms with Gasteiger partial charge in [0.15, 0.2) is 0 Å². The molecular weight excluding hydrogens is 346 g/mol. The molecule has 2 aliphatic heterocycles. The van der Waals surface area contributed by atoms with Gasteiger partial charge in [0, 0.05) is 5.56 Å². The van der Waals surface area contributed by atoms with Gasteiger partial charge in [0.05, 0.1) is 0 Å². The van der Waals surface area contributed by atoms with Crippen LogP contribution in [0.5, 0.6) is 5.75 Å². The molecule has 0 atom stereocenters. The van der Waals surface area contributed by atoms with Gasteiger partial charge in [-0.25, -0.2) is 9.59 Å². The van der Waals surface area contributed by atoms with E-state index in [1.54, 1.807) is 5.57 Å². The molecule has 0 bridgehead atoms. The molecule has 3 N–H and O–H groups in total. The van der Waals surface area contributed by atoms with E-state index < -0.39 is 11.9 Å². The number of benzene rings is 2. The van der Waals surface area contributed by atoms with Crippen LogP contribution in [0.15, 0.2) is 54.1 Å². The van der Waals surface area contributed by atoms with Gasteiger partial charge in [0.2, 0.25) is 0 Å². The van der Waals surface area contributed by atoms with Gasteiger partial charge in [-0.15, -0.1) is 0 Å². The number of carbonyl (C=O) groups is 2. The van der Waals surface area contributed by atoms with E-state index in [0.717, 1.165) is 31.7 Å². The van der Waals surface area contributed by atoms with Gasteiger partial charge in [-0.05, 0) is 48.7 Å². The average Bonchev–Trinajstić information content (AvgIpc) is 2.86. The molecule has 2 aromatic carbocycles. The number of hydrogen-bond donors (Lipinski definition) is 3. The van der Waals surface area contributed by atoms with Gasteiger partial charge in [0.1, 0.15) is 12.4 Å². The molecule has 0 saturated carbocycles. The third-order valence-electron chi connectivity index (χ3n) is 4.57. The van der Waals surface area contributed by atoms with Crippen molar-refractivity contribution in [1.82, 2.24) is 5.32 Å². The lowest BCUT2D eigenvalue weighted by atomic mass is 9.87. The first kappa shape index (κ1) is 18.7. The van der Waals surface area contributed by atoms with Crippen molar-refractivity contribution in [2.24, 2.45) is 0 Å². The Balaban J connectivity index is 0.000000307. The highest BCUT2D eigenvalue weighted by molar-refractivity contribution is 6.27. The van der Waals surface area contributed by atoms with E-state index in [0.29, 0.717) is 6.61 Å². The number of para-hydroxylation sites is 1. The predicted molar refractivity (Wildman–Crippen MR) is 101 cm³/mol. The molecule has 6 nitrogen and oxygen atoms in total. The van der Waals surface area contributed by atoms with Crippen molar-refractivity contribution < 1.29 is 24.5 Å². The molecule has 2 aromatic rings. The number of hydrogen-bond acceptors (Lipinski definition) is 4. The van der Waals surface area contributed by atoms with Crippen LogP contribution in [-0.4, -0.2) is 35.2 Å². The van der Waals surface area contributed by atoms with Crippen molar-refractivity contribution in [1.29, 1.82) is 0 Å². The topological polar surface area (TPSA) is 95.9 Å². The summed E-state index contributed by atoms with van der Waals surface area (Å²) in [7, 11) is 0. The Hall–Kier alpha value is -3.12. The van der Waals surface area contributed by atoms with Crippen molar-refractivity contribution in [3.63, 3.8) is 0 Å². The number of fused-ring (bicyclic) bond motifs is 2. The second kappa shape index (κ2) is 8.51. The zero-order chi connectivity index (χ0) is 19.2. The third-order valence-corrected chi connectivity index (χ3v) is 4.57. The van der Waals surface area contributed by atoms with Crippen molar-refractivity contribution in [2.75, 3.05) is 13.1 Å². The fourth-order valence-electron chi connectivity index (χ4n) is 3.35. The number of nitrogens with one attached hydrogen (secondary N) is 1. The first-order valence-corrected chi connectivity index (χ1v) is 8.77. The summed E-state index contributed by atoms with van der Waals surface area (Å²) < 4.78 is 6.05. The molecule has 1 fully saturated rings. The standard InChI is InChI=1S/C19H19NO.C2H2O4/c1-2-6-16-15(5-1)13-21-18-8-4-3-7-17(18)19(16)14-9-11-20-12-10-14;3-1(4)2(5)6/h1-8,20H,9-13H2;(H,3,4)(H,5,6). The number of rotatable bonds is 0. The lowest BCUT2D eigenvalue weighted by Crippen LogP contribution is -2.23. The second-order valence-electron chi connectivity index (χ2n) is 6.28. The van der Waals surface area contributed by atoms with Crippen LogP contribution in [0.25, 0.3) is 5.57 Å². The summed E-state index contributed by atoms with van der Waals surface area (Å²) in [5.74, 6) is -2.64. The van der Waals surface area contributed by atoms with E-state index in [9.17, 15) is 0 Å². The van der Waals surface area contributed by atoms with Crippen molar-refractivity contribution in [3.05, 3.63) is 70.8 Å². The first-order chi connectivity index (χ1) is 13.1. The maximum absolute atomic E-state index is 9.10. The molecule has 2 heterocycles. The van der Waals surface area contributed by atoms with Gasteiger partial charge in [0.25, 0.3) is 0 Å². The molecule has 0 spiro atoms. The first-order valence-electron chi connectivity index (χ1n) is 8.77. The van der Waals surface area contributed by atoms with Crippen LogP contribution in [0.3, 0.4) is 0 Å². The maximum atomic E-state index is 9.10. The zero-order valence-electron chi connectivity index (χ0n) is 14.8. The van der Waals surface area contributed by atoms with Gasteiger partial charge in [-0.2, -0.15) is 0 Å². The average molecular weight is 367 g/mol. The fraction of sp³-hybridized carbons (Fsp3) is 0.238. The number of carboxylic acid groups (broad SMARTS) is 2. The quantitative estimate of drug-likeness (QED) is 0.620. The summed E-state index contributed by atoms with van der Waals surface area (Å²) in [6.07, 6.45) is 2.25. The van der Waals surface area contributed by atoms with Crippen LogP contribution in [0.4, 0.5) is 0 Å². The largest absolute Gasteiger partial charge is 0.488 e. The molecule has 140 valence electrons. The zero-order valence-corrected chi connectivity index (χ0v) is 14.8. The van der Waals surface area contributed by atoms with Crippen LogP contribution >= 0.6 is 0 Å². The van der Waals surface area contributed by atoms with Gasteiger partial charge >= 0.3 is 11.9 Å².